The van der Waals surface area contributed by atoms with E-state index in [0.717, 1.165) is 0 Å². The van der Waals surface area contributed by atoms with Gasteiger partial charge in [0.1, 0.15) is 0 Å². The molecule has 1 aromatic rings. The topological polar surface area (TPSA) is 61.4 Å². The number of rotatable bonds is 5. The van der Waals surface area contributed by atoms with Gasteiger partial charge in [0.05, 0.1) is 22.1 Å². The predicted molar refractivity (Wildman–Crippen MR) is 93.7 cm³/mol. The summed E-state index contributed by atoms with van der Waals surface area (Å²) in [7, 11) is 1.71. The van der Waals surface area contributed by atoms with Crippen LogP contribution in [0.4, 0.5) is 26.3 Å². The van der Waals surface area contributed by atoms with Crippen molar-refractivity contribution in [3.63, 3.8) is 0 Å². The molecule has 0 heterocycles. The molecule has 2 rings (SSSR count). The van der Waals surface area contributed by atoms with Crippen LogP contribution in [-0.4, -0.2) is 29.7 Å². The summed E-state index contributed by atoms with van der Waals surface area (Å²) in [4.78, 5) is 12.9. The van der Waals surface area contributed by atoms with E-state index in [2.05, 4.69) is 10.6 Å². The summed E-state index contributed by atoms with van der Waals surface area (Å²) in [5, 5.41) is 16.0. The molecule has 2 atom stereocenters. The second-order valence-corrected chi connectivity index (χ2v) is 7.97. The number of aliphatic hydroxyl groups is 1. The Morgan fingerprint density at radius 1 is 1.10 bits per heavy atom. The van der Waals surface area contributed by atoms with Crippen LogP contribution in [0.5, 0.6) is 0 Å². The van der Waals surface area contributed by atoms with E-state index in [0.29, 0.717) is 31.4 Å². The minimum absolute atomic E-state index is 0.0300. The Balaban J connectivity index is 2.29. The van der Waals surface area contributed by atoms with E-state index in [4.69, 9.17) is 0 Å². The lowest BCUT2D eigenvalue weighted by Crippen LogP contribution is -2.53. The Morgan fingerprint density at radius 2 is 1.62 bits per heavy atom. The maximum absolute atomic E-state index is 13.0. The lowest BCUT2D eigenvalue weighted by molar-refractivity contribution is -0.146. The number of halogens is 6. The predicted octanol–water partition coefficient (Wildman–Crippen LogP) is 3.87. The zero-order chi connectivity index (χ0) is 22.3. The molecule has 1 aliphatic carbocycles. The van der Waals surface area contributed by atoms with Crippen molar-refractivity contribution in [2.24, 2.45) is 5.41 Å². The lowest BCUT2D eigenvalue weighted by Gasteiger charge is -2.39. The van der Waals surface area contributed by atoms with Crippen LogP contribution in [0.3, 0.4) is 0 Å². The van der Waals surface area contributed by atoms with Crippen molar-refractivity contribution in [1.29, 1.82) is 0 Å². The van der Waals surface area contributed by atoms with Gasteiger partial charge < -0.3 is 15.7 Å². The first kappa shape index (κ1) is 23.5. The molecule has 1 amide bonds. The van der Waals surface area contributed by atoms with Gasteiger partial charge in [-0.25, -0.2) is 0 Å². The Labute approximate surface area is 164 Å². The van der Waals surface area contributed by atoms with Crippen LogP contribution in [0.15, 0.2) is 18.2 Å². The monoisotopic (exact) mass is 426 g/mol. The first-order valence-electron chi connectivity index (χ1n) is 9.06. The Kier molecular flexibility index (Phi) is 6.30. The van der Waals surface area contributed by atoms with Gasteiger partial charge >= 0.3 is 12.4 Å². The number of hydrogen-bond donors (Lipinski definition) is 3. The fraction of sp³-hybridized carbons (Fsp3) is 0.632. The molecule has 0 unspecified atom stereocenters. The molecule has 0 bridgehead atoms. The second-order valence-electron chi connectivity index (χ2n) is 7.97. The van der Waals surface area contributed by atoms with Crippen molar-refractivity contribution >= 4 is 5.91 Å². The largest absolute Gasteiger partial charge is 0.416 e. The molecule has 0 aromatic heterocycles. The fourth-order valence-electron chi connectivity index (χ4n) is 3.80. The van der Waals surface area contributed by atoms with E-state index in [9.17, 15) is 36.2 Å². The minimum atomic E-state index is -4.96. The summed E-state index contributed by atoms with van der Waals surface area (Å²) >= 11 is 0. The fourth-order valence-corrected chi connectivity index (χ4v) is 3.80. The molecule has 0 aliphatic heterocycles. The molecule has 29 heavy (non-hydrogen) atoms. The molecular weight excluding hydrogens is 402 g/mol. The van der Waals surface area contributed by atoms with Gasteiger partial charge in [0.25, 0.3) is 0 Å². The maximum atomic E-state index is 13.0. The van der Waals surface area contributed by atoms with Crippen molar-refractivity contribution in [1.82, 2.24) is 10.6 Å². The van der Waals surface area contributed by atoms with Crippen LogP contribution in [0, 0.1) is 5.41 Å². The quantitative estimate of drug-likeness (QED) is 0.627. The molecule has 0 spiro atoms. The highest BCUT2D eigenvalue weighted by atomic mass is 19.4. The second kappa shape index (κ2) is 7.79. The zero-order valence-corrected chi connectivity index (χ0v) is 16.3. The standard InChI is InChI=1S/C19H24F6N2O2/c1-16(2,29)17(5-4-14(9-17)26-3)15(28)27-10-11-6-12(18(20,21)22)8-13(7-11)19(23,24)25/h6-8,14,26,29H,4-5,9-10H2,1-3H3,(H,27,28)/t14-,17-/m1/s1. The van der Waals surface area contributed by atoms with Crippen LogP contribution >= 0.6 is 0 Å². The number of carbonyl (C=O) groups excluding carboxylic acids is 1. The molecule has 1 aromatic carbocycles. The Hall–Kier alpha value is -1.81. The van der Waals surface area contributed by atoms with Gasteiger partial charge in [-0.1, -0.05) is 0 Å². The third-order valence-corrected chi connectivity index (χ3v) is 5.63. The van der Waals surface area contributed by atoms with E-state index >= 15 is 0 Å². The first-order valence-corrected chi connectivity index (χ1v) is 9.06. The highest BCUT2D eigenvalue weighted by Gasteiger charge is 2.54. The Morgan fingerprint density at radius 3 is 2.00 bits per heavy atom. The third-order valence-electron chi connectivity index (χ3n) is 5.63. The van der Waals surface area contributed by atoms with Crippen LogP contribution < -0.4 is 10.6 Å². The molecule has 0 saturated heterocycles. The number of amides is 1. The highest BCUT2D eigenvalue weighted by molar-refractivity contribution is 5.84. The molecule has 1 saturated carbocycles. The van der Waals surface area contributed by atoms with Crippen molar-refractivity contribution in [2.45, 2.75) is 63.7 Å². The molecule has 3 N–H and O–H groups in total. The smallest absolute Gasteiger partial charge is 0.389 e. The van der Waals surface area contributed by atoms with Gasteiger partial charge in [0.15, 0.2) is 0 Å². The number of nitrogens with one attached hydrogen (secondary N) is 2. The molecule has 1 aliphatic rings. The summed E-state index contributed by atoms with van der Waals surface area (Å²) in [5.74, 6) is -0.603. The van der Waals surface area contributed by atoms with Crippen molar-refractivity contribution in [3.8, 4) is 0 Å². The van der Waals surface area contributed by atoms with Crippen LogP contribution in [0.25, 0.3) is 0 Å². The van der Waals surface area contributed by atoms with Crippen LogP contribution in [0.1, 0.15) is 49.8 Å². The summed E-state index contributed by atoms with van der Waals surface area (Å²) in [6, 6.07) is 1.17. The van der Waals surface area contributed by atoms with Gasteiger partial charge in [0.2, 0.25) is 5.91 Å². The SMILES string of the molecule is CN[C@@H]1CC[C@@](C(=O)NCc2cc(C(F)(F)F)cc(C(F)(F)F)c2)(C(C)(C)O)C1. The van der Waals surface area contributed by atoms with E-state index in [1.807, 2.05) is 0 Å². The minimum Gasteiger partial charge on any atom is -0.389 e. The average molecular weight is 426 g/mol. The molecule has 1 fully saturated rings. The van der Waals surface area contributed by atoms with Crippen molar-refractivity contribution in [3.05, 3.63) is 34.9 Å². The summed E-state index contributed by atoms with van der Waals surface area (Å²) in [6.07, 6.45) is -8.67. The number of carbonyl (C=O) groups is 1. The molecule has 4 nitrogen and oxygen atoms in total. The molecule has 0 radical (unpaired) electrons. The lowest BCUT2D eigenvalue weighted by atomic mass is 9.71. The normalized spacial score (nSPS) is 23.3. The van der Waals surface area contributed by atoms with Crippen molar-refractivity contribution in [2.75, 3.05) is 7.05 Å². The number of hydrogen-bond acceptors (Lipinski definition) is 3. The van der Waals surface area contributed by atoms with Gasteiger partial charge in [-0.05, 0) is 63.9 Å². The number of alkyl halides is 6. The van der Waals surface area contributed by atoms with Crippen molar-refractivity contribution < 1.29 is 36.2 Å². The summed E-state index contributed by atoms with van der Waals surface area (Å²) < 4.78 is 77.9. The maximum Gasteiger partial charge on any atom is 0.416 e. The number of benzene rings is 1. The molecular formula is C19H24F6N2O2. The summed E-state index contributed by atoms with van der Waals surface area (Å²) in [6.45, 7) is 2.42. The first-order chi connectivity index (χ1) is 13.1. The van der Waals surface area contributed by atoms with Gasteiger partial charge in [0, 0.05) is 12.6 Å². The summed E-state index contributed by atoms with van der Waals surface area (Å²) in [5.41, 5.74) is -5.83. The van der Waals surface area contributed by atoms with Gasteiger partial charge in [-0.3, -0.25) is 4.79 Å². The molecule has 10 heteroatoms. The van der Waals surface area contributed by atoms with Gasteiger partial charge in [-0.15, -0.1) is 0 Å². The zero-order valence-electron chi connectivity index (χ0n) is 16.3. The van der Waals surface area contributed by atoms with Crippen LogP contribution in [-0.2, 0) is 23.7 Å². The Bertz CT molecular complexity index is 722. The van der Waals surface area contributed by atoms with Gasteiger partial charge in [-0.2, -0.15) is 26.3 Å². The van der Waals surface area contributed by atoms with E-state index in [1.54, 1.807) is 7.05 Å². The van der Waals surface area contributed by atoms with E-state index in [-0.39, 0.29) is 17.7 Å². The van der Waals surface area contributed by atoms with E-state index in [1.165, 1.54) is 13.8 Å². The highest BCUT2D eigenvalue weighted by Crippen LogP contribution is 2.47. The molecule has 164 valence electrons. The third kappa shape index (κ3) is 5.03. The van der Waals surface area contributed by atoms with E-state index < -0.39 is 46.9 Å². The van der Waals surface area contributed by atoms with Crippen LogP contribution in [0.2, 0.25) is 0 Å². The average Bonchev–Trinajstić information content (AvgIpc) is 3.03.